The normalized spacial score (nSPS) is 39.2. The van der Waals surface area contributed by atoms with Crippen LogP contribution in [0.2, 0.25) is 0 Å². The van der Waals surface area contributed by atoms with Gasteiger partial charge in [0.15, 0.2) is 0 Å². The van der Waals surface area contributed by atoms with E-state index in [1.165, 1.54) is 25.7 Å². The first-order chi connectivity index (χ1) is 8.36. The van der Waals surface area contributed by atoms with Crippen LogP contribution in [-0.2, 0) is 4.74 Å². The van der Waals surface area contributed by atoms with Crippen LogP contribution in [0.3, 0.4) is 0 Å². The van der Waals surface area contributed by atoms with Gasteiger partial charge in [-0.25, -0.2) is 0 Å². The van der Waals surface area contributed by atoms with Crippen molar-refractivity contribution >= 4 is 0 Å². The lowest BCUT2D eigenvalue weighted by Crippen LogP contribution is -2.67. The van der Waals surface area contributed by atoms with Crippen molar-refractivity contribution in [3.8, 4) is 0 Å². The molecule has 2 nitrogen and oxygen atoms in total. The summed E-state index contributed by atoms with van der Waals surface area (Å²) in [6.45, 7) is 12.6. The molecule has 3 saturated carbocycles. The molecule has 3 rings (SSSR count). The molecule has 3 fully saturated rings. The van der Waals surface area contributed by atoms with Gasteiger partial charge < -0.3 is 10.1 Å². The lowest BCUT2D eigenvalue weighted by Gasteiger charge is -2.61. The van der Waals surface area contributed by atoms with Crippen molar-refractivity contribution in [2.45, 2.75) is 78.5 Å². The van der Waals surface area contributed by atoms with Crippen LogP contribution >= 0.6 is 0 Å². The smallest absolute Gasteiger partial charge is 0.0661 e. The SMILES string of the molecule is CCOC1CC(NC2C(C)(C)C2(C)C)C12CCC2. The van der Waals surface area contributed by atoms with Crippen LogP contribution in [0.5, 0.6) is 0 Å². The minimum absolute atomic E-state index is 0.453. The zero-order valence-corrected chi connectivity index (χ0v) is 12.7. The van der Waals surface area contributed by atoms with Crippen LogP contribution in [0.25, 0.3) is 0 Å². The second kappa shape index (κ2) is 3.73. The molecule has 0 aromatic rings. The minimum Gasteiger partial charge on any atom is -0.378 e. The van der Waals surface area contributed by atoms with Gasteiger partial charge in [0.1, 0.15) is 0 Å². The molecule has 0 amide bonds. The molecule has 0 heterocycles. The Balaban J connectivity index is 1.63. The van der Waals surface area contributed by atoms with Gasteiger partial charge in [0, 0.05) is 24.1 Å². The molecule has 1 spiro atoms. The van der Waals surface area contributed by atoms with Gasteiger partial charge in [0.2, 0.25) is 0 Å². The Morgan fingerprint density at radius 3 is 2.11 bits per heavy atom. The van der Waals surface area contributed by atoms with E-state index in [-0.39, 0.29) is 0 Å². The van der Waals surface area contributed by atoms with E-state index in [1.54, 1.807) is 0 Å². The molecule has 0 bridgehead atoms. The monoisotopic (exact) mass is 251 g/mol. The Kier molecular flexibility index (Phi) is 2.68. The summed E-state index contributed by atoms with van der Waals surface area (Å²) in [6.07, 6.45) is 5.93. The zero-order chi connectivity index (χ0) is 13.2. The van der Waals surface area contributed by atoms with Crippen molar-refractivity contribution in [1.82, 2.24) is 5.32 Å². The molecule has 0 aromatic heterocycles. The number of nitrogens with one attached hydrogen (secondary N) is 1. The third-order valence-corrected chi connectivity index (χ3v) is 6.83. The van der Waals surface area contributed by atoms with E-state index in [0.29, 0.717) is 34.4 Å². The van der Waals surface area contributed by atoms with Gasteiger partial charge in [-0.3, -0.25) is 0 Å². The molecule has 0 aromatic carbocycles. The fourth-order valence-corrected chi connectivity index (χ4v) is 4.49. The summed E-state index contributed by atoms with van der Waals surface area (Å²) in [6, 6.07) is 1.41. The summed E-state index contributed by atoms with van der Waals surface area (Å²) in [5.41, 5.74) is 1.41. The predicted octanol–water partition coefficient (Wildman–Crippen LogP) is 3.36. The van der Waals surface area contributed by atoms with E-state index < -0.39 is 0 Å². The highest BCUT2D eigenvalue weighted by molar-refractivity contribution is 5.22. The lowest BCUT2D eigenvalue weighted by molar-refractivity contribution is -0.173. The van der Waals surface area contributed by atoms with Gasteiger partial charge >= 0.3 is 0 Å². The molecule has 18 heavy (non-hydrogen) atoms. The van der Waals surface area contributed by atoms with Crippen LogP contribution in [0.4, 0.5) is 0 Å². The number of ether oxygens (including phenoxy) is 1. The van der Waals surface area contributed by atoms with E-state index in [4.69, 9.17) is 4.74 Å². The minimum atomic E-state index is 0.453. The van der Waals surface area contributed by atoms with Crippen molar-refractivity contribution < 1.29 is 4.74 Å². The fourth-order valence-electron chi connectivity index (χ4n) is 4.49. The number of hydrogen-bond acceptors (Lipinski definition) is 2. The molecule has 3 aliphatic carbocycles. The fraction of sp³-hybridized carbons (Fsp3) is 1.00. The topological polar surface area (TPSA) is 21.3 Å². The molecule has 0 aliphatic heterocycles. The molecular weight excluding hydrogens is 222 g/mol. The van der Waals surface area contributed by atoms with Crippen molar-refractivity contribution in [2.75, 3.05) is 6.61 Å². The molecule has 104 valence electrons. The molecular formula is C16H29NO. The summed E-state index contributed by atoms with van der Waals surface area (Å²) in [5.74, 6) is 0. The average molecular weight is 251 g/mol. The Morgan fingerprint density at radius 1 is 1.11 bits per heavy atom. The highest BCUT2D eigenvalue weighted by Gasteiger charge is 2.68. The van der Waals surface area contributed by atoms with Crippen LogP contribution in [0.15, 0.2) is 0 Å². The van der Waals surface area contributed by atoms with Gasteiger partial charge in [0.25, 0.3) is 0 Å². The quantitative estimate of drug-likeness (QED) is 0.827. The highest BCUT2D eigenvalue weighted by Crippen LogP contribution is 2.65. The zero-order valence-electron chi connectivity index (χ0n) is 12.7. The predicted molar refractivity (Wildman–Crippen MR) is 74.6 cm³/mol. The molecule has 0 saturated heterocycles. The average Bonchev–Trinajstić information content (AvgIpc) is 2.55. The van der Waals surface area contributed by atoms with E-state index in [1.807, 2.05) is 0 Å². The molecule has 3 aliphatic rings. The highest BCUT2D eigenvalue weighted by atomic mass is 16.5. The largest absolute Gasteiger partial charge is 0.378 e. The van der Waals surface area contributed by atoms with E-state index in [2.05, 4.69) is 39.9 Å². The number of hydrogen-bond donors (Lipinski definition) is 1. The Bertz CT molecular complexity index is 329. The van der Waals surface area contributed by atoms with Gasteiger partial charge in [-0.15, -0.1) is 0 Å². The molecule has 2 atom stereocenters. The third kappa shape index (κ3) is 1.42. The maximum Gasteiger partial charge on any atom is 0.0661 e. The van der Waals surface area contributed by atoms with Gasteiger partial charge in [-0.2, -0.15) is 0 Å². The Morgan fingerprint density at radius 2 is 1.72 bits per heavy atom. The first-order valence-corrected chi connectivity index (χ1v) is 7.74. The Labute approximate surface area is 112 Å². The summed E-state index contributed by atoms with van der Waals surface area (Å²) in [4.78, 5) is 0. The summed E-state index contributed by atoms with van der Waals surface area (Å²) < 4.78 is 5.93. The van der Waals surface area contributed by atoms with E-state index in [9.17, 15) is 0 Å². The molecule has 0 radical (unpaired) electrons. The number of rotatable bonds is 4. The van der Waals surface area contributed by atoms with Gasteiger partial charge in [0.05, 0.1) is 6.10 Å². The molecule has 2 unspecified atom stereocenters. The van der Waals surface area contributed by atoms with Gasteiger partial charge in [-0.05, 0) is 37.0 Å². The Hall–Kier alpha value is -0.0800. The molecule has 1 N–H and O–H groups in total. The van der Waals surface area contributed by atoms with Crippen molar-refractivity contribution in [3.63, 3.8) is 0 Å². The summed E-state index contributed by atoms with van der Waals surface area (Å²) in [7, 11) is 0. The van der Waals surface area contributed by atoms with Crippen molar-refractivity contribution in [2.24, 2.45) is 16.2 Å². The lowest BCUT2D eigenvalue weighted by atomic mass is 9.51. The summed E-state index contributed by atoms with van der Waals surface area (Å²) in [5, 5.41) is 3.97. The van der Waals surface area contributed by atoms with Crippen LogP contribution < -0.4 is 5.32 Å². The summed E-state index contributed by atoms with van der Waals surface area (Å²) >= 11 is 0. The second-order valence-electron chi connectivity index (χ2n) is 7.86. The van der Waals surface area contributed by atoms with E-state index in [0.717, 1.165) is 6.61 Å². The standard InChI is InChI=1S/C16H29NO/c1-6-18-12-10-11(16(12)8-7-9-16)17-13-14(2,3)15(13,4)5/h11-13,17H,6-10H2,1-5H3. The van der Waals surface area contributed by atoms with Crippen LogP contribution in [0.1, 0.15) is 60.3 Å². The van der Waals surface area contributed by atoms with E-state index >= 15 is 0 Å². The first-order valence-electron chi connectivity index (χ1n) is 7.74. The second-order valence-corrected chi connectivity index (χ2v) is 7.86. The third-order valence-electron chi connectivity index (χ3n) is 6.83. The molecule has 2 heteroatoms. The first kappa shape index (κ1) is 12.9. The maximum atomic E-state index is 5.93. The maximum absolute atomic E-state index is 5.93. The van der Waals surface area contributed by atoms with Gasteiger partial charge in [-0.1, -0.05) is 34.1 Å². The van der Waals surface area contributed by atoms with Crippen molar-refractivity contribution in [1.29, 1.82) is 0 Å². The van der Waals surface area contributed by atoms with Crippen molar-refractivity contribution in [3.05, 3.63) is 0 Å². The van der Waals surface area contributed by atoms with Crippen LogP contribution in [-0.4, -0.2) is 24.8 Å². The van der Waals surface area contributed by atoms with Crippen LogP contribution in [0, 0.1) is 16.2 Å².